The lowest BCUT2D eigenvalue weighted by Crippen LogP contribution is -2.07. The van der Waals surface area contributed by atoms with Gasteiger partial charge >= 0.3 is 0 Å². The van der Waals surface area contributed by atoms with Crippen LogP contribution in [0.25, 0.3) is 6.08 Å². The van der Waals surface area contributed by atoms with E-state index < -0.39 is 5.91 Å². The highest BCUT2D eigenvalue weighted by atomic mass is 16.5. The van der Waals surface area contributed by atoms with Gasteiger partial charge in [0, 0.05) is 12.0 Å². The summed E-state index contributed by atoms with van der Waals surface area (Å²) in [4.78, 5) is 21.3. The van der Waals surface area contributed by atoms with Crippen LogP contribution in [0.3, 0.4) is 0 Å². The molecule has 2 N–H and O–H groups in total. The third-order valence-electron chi connectivity index (χ3n) is 2.04. The summed E-state index contributed by atoms with van der Waals surface area (Å²) >= 11 is 0. The summed E-state index contributed by atoms with van der Waals surface area (Å²) in [5.74, 6) is 0.214. The average Bonchev–Trinajstić information content (AvgIpc) is 2.29. The second kappa shape index (κ2) is 5.70. The van der Waals surface area contributed by atoms with Crippen LogP contribution in [-0.4, -0.2) is 19.3 Å². The summed E-state index contributed by atoms with van der Waals surface area (Å²) < 4.78 is 5.00. The molecule has 0 heterocycles. The highest BCUT2D eigenvalue weighted by Gasteiger charge is 2.00. The molecule has 0 spiro atoms. The first-order valence-electron chi connectivity index (χ1n) is 4.75. The molecule has 0 radical (unpaired) electrons. The molecule has 0 unspecified atom stereocenters. The number of carbonyl (C=O) groups excluding carboxylic acids is 2. The van der Waals surface area contributed by atoms with Gasteiger partial charge in [-0.1, -0.05) is 18.2 Å². The average molecular weight is 219 g/mol. The van der Waals surface area contributed by atoms with Crippen molar-refractivity contribution in [2.24, 2.45) is 5.73 Å². The molecule has 0 saturated heterocycles. The SMILES string of the molecule is COc1ccc(C=CCC(N)=O)c(C=O)c1. The Bertz CT molecular complexity index is 424. The minimum Gasteiger partial charge on any atom is -0.497 e. The molecule has 0 saturated carbocycles. The molecule has 1 aromatic rings. The summed E-state index contributed by atoms with van der Waals surface area (Å²) in [6.07, 6.45) is 4.21. The van der Waals surface area contributed by atoms with E-state index in [1.54, 1.807) is 30.4 Å². The van der Waals surface area contributed by atoms with Crippen LogP contribution < -0.4 is 10.5 Å². The van der Waals surface area contributed by atoms with Crippen LogP contribution in [0.2, 0.25) is 0 Å². The van der Waals surface area contributed by atoms with Crippen LogP contribution >= 0.6 is 0 Å². The number of methoxy groups -OCH3 is 1. The quantitative estimate of drug-likeness (QED) is 0.761. The van der Waals surface area contributed by atoms with E-state index in [9.17, 15) is 9.59 Å². The molecule has 0 aliphatic carbocycles. The van der Waals surface area contributed by atoms with Crippen LogP contribution in [0.5, 0.6) is 5.75 Å². The van der Waals surface area contributed by atoms with E-state index in [4.69, 9.17) is 10.5 Å². The van der Waals surface area contributed by atoms with Gasteiger partial charge in [-0.25, -0.2) is 0 Å². The molecule has 0 aliphatic heterocycles. The van der Waals surface area contributed by atoms with Gasteiger partial charge in [-0.05, 0) is 17.7 Å². The van der Waals surface area contributed by atoms with Crippen LogP contribution in [0.15, 0.2) is 24.3 Å². The smallest absolute Gasteiger partial charge is 0.221 e. The first-order valence-corrected chi connectivity index (χ1v) is 4.75. The van der Waals surface area contributed by atoms with Gasteiger partial charge in [0.2, 0.25) is 5.91 Å². The first-order chi connectivity index (χ1) is 7.67. The fraction of sp³-hybridized carbons (Fsp3) is 0.167. The molecule has 0 aromatic heterocycles. The number of rotatable bonds is 5. The number of hydrogen-bond acceptors (Lipinski definition) is 3. The summed E-state index contributed by atoms with van der Waals surface area (Å²) in [6, 6.07) is 5.13. The molecule has 16 heavy (non-hydrogen) atoms. The van der Waals surface area contributed by atoms with E-state index >= 15 is 0 Å². The lowest BCUT2D eigenvalue weighted by Gasteiger charge is -2.03. The van der Waals surface area contributed by atoms with Crippen molar-refractivity contribution in [3.63, 3.8) is 0 Å². The summed E-state index contributed by atoms with van der Waals surface area (Å²) in [5, 5.41) is 0. The first kappa shape index (κ1) is 12.0. The van der Waals surface area contributed by atoms with Crippen LogP contribution in [0.4, 0.5) is 0 Å². The third kappa shape index (κ3) is 3.24. The predicted molar refractivity (Wildman–Crippen MR) is 61.2 cm³/mol. The van der Waals surface area contributed by atoms with Gasteiger partial charge in [-0.15, -0.1) is 0 Å². The van der Waals surface area contributed by atoms with E-state index in [-0.39, 0.29) is 6.42 Å². The minimum absolute atomic E-state index is 0.157. The molecule has 1 rings (SSSR count). The van der Waals surface area contributed by atoms with Crippen molar-refractivity contribution in [3.8, 4) is 5.75 Å². The number of carbonyl (C=O) groups is 2. The van der Waals surface area contributed by atoms with Gasteiger partial charge in [0.15, 0.2) is 6.29 Å². The molecule has 1 aromatic carbocycles. The molecule has 1 amide bonds. The number of ether oxygens (including phenoxy) is 1. The van der Waals surface area contributed by atoms with Crippen molar-refractivity contribution >= 4 is 18.3 Å². The Morgan fingerprint density at radius 2 is 2.19 bits per heavy atom. The summed E-state index contributed by atoms with van der Waals surface area (Å²) in [7, 11) is 1.53. The molecule has 0 aliphatic rings. The van der Waals surface area contributed by atoms with Gasteiger partial charge in [-0.3, -0.25) is 9.59 Å². The van der Waals surface area contributed by atoms with Gasteiger partial charge in [0.25, 0.3) is 0 Å². The Hall–Kier alpha value is -2.10. The van der Waals surface area contributed by atoms with Crippen LogP contribution in [-0.2, 0) is 4.79 Å². The maximum absolute atomic E-state index is 10.8. The molecule has 0 bridgehead atoms. The van der Waals surface area contributed by atoms with E-state index in [0.29, 0.717) is 11.3 Å². The van der Waals surface area contributed by atoms with E-state index in [1.165, 1.54) is 7.11 Å². The Kier molecular flexibility index (Phi) is 4.27. The second-order valence-electron chi connectivity index (χ2n) is 3.19. The van der Waals surface area contributed by atoms with Gasteiger partial charge < -0.3 is 10.5 Å². The zero-order chi connectivity index (χ0) is 12.0. The van der Waals surface area contributed by atoms with Crippen molar-refractivity contribution in [3.05, 3.63) is 35.4 Å². The Labute approximate surface area is 93.7 Å². The number of amides is 1. The zero-order valence-electron chi connectivity index (χ0n) is 8.97. The number of nitrogens with two attached hydrogens (primary N) is 1. The monoisotopic (exact) mass is 219 g/mol. The normalized spacial score (nSPS) is 10.3. The fourth-order valence-corrected chi connectivity index (χ4v) is 1.24. The molecule has 84 valence electrons. The molecule has 4 heteroatoms. The van der Waals surface area contributed by atoms with Gasteiger partial charge in [0.05, 0.1) is 7.11 Å². The highest BCUT2D eigenvalue weighted by Crippen LogP contribution is 2.17. The van der Waals surface area contributed by atoms with Crippen LogP contribution in [0, 0.1) is 0 Å². The maximum atomic E-state index is 10.8. The third-order valence-corrected chi connectivity index (χ3v) is 2.04. The lowest BCUT2D eigenvalue weighted by atomic mass is 10.1. The van der Waals surface area contributed by atoms with Crippen molar-refractivity contribution in [2.75, 3.05) is 7.11 Å². The van der Waals surface area contributed by atoms with Gasteiger partial charge in [0.1, 0.15) is 5.75 Å². The number of hydrogen-bond donors (Lipinski definition) is 1. The predicted octanol–water partition coefficient (Wildman–Crippen LogP) is 1.40. The highest BCUT2D eigenvalue weighted by molar-refractivity contribution is 5.83. The van der Waals surface area contributed by atoms with Crippen molar-refractivity contribution in [2.45, 2.75) is 6.42 Å². The Balaban J connectivity index is 2.91. The maximum Gasteiger partial charge on any atom is 0.221 e. The number of primary amides is 1. The van der Waals surface area contributed by atoms with E-state index in [1.807, 2.05) is 0 Å². The molecule has 4 nitrogen and oxygen atoms in total. The Morgan fingerprint density at radius 3 is 2.75 bits per heavy atom. The lowest BCUT2D eigenvalue weighted by molar-refractivity contribution is -0.117. The standard InChI is InChI=1S/C12H13NO3/c1-16-11-6-5-9(10(7-11)8-14)3-2-4-12(13)15/h2-3,5-8H,4H2,1H3,(H2,13,15). The molecular formula is C12H13NO3. The summed E-state index contributed by atoms with van der Waals surface area (Å²) in [6.45, 7) is 0. The second-order valence-corrected chi connectivity index (χ2v) is 3.19. The Morgan fingerprint density at radius 1 is 1.44 bits per heavy atom. The van der Waals surface area contributed by atoms with Crippen molar-refractivity contribution < 1.29 is 14.3 Å². The van der Waals surface area contributed by atoms with E-state index in [0.717, 1.165) is 11.8 Å². The zero-order valence-corrected chi connectivity index (χ0v) is 8.97. The van der Waals surface area contributed by atoms with Crippen LogP contribution in [0.1, 0.15) is 22.3 Å². The molecule has 0 fully saturated rings. The molecule has 0 atom stereocenters. The minimum atomic E-state index is -0.405. The van der Waals surface area contributed by atoms with Gasteiger partial charge in [-0.2, -0.15) is 0 Å². The number of benzene rings is 1. The largest absolute Gasteiger partial charge is 0.497 e. The summed E-state index contributed by atoms with van der Waals surface area (Å²) in [5.41, 5.74) is 6.24. The molecular weight excluding hydrogens is 206 g/mol. The van der Waals surface area contributed by atoms with E-state index in [2.05, 4.69) is 0 Å². The fourth-order valence-electron chi connectivity index (χ4n) is 1.24. The number of aldehydes is 1. The van der Waals surface area contributed by atoms with Crippen molar-refractivity contribution in [1.29, 1.82) is 0 Å². The van der Waals surface area contributed by atoms with Crippen molar-refractivity contribution in [1.82, 2.24) is 0 Å². The topological polar surface area (TPSA) is 69.4 Å².